The van der Waals surface area contributed by atoms with E-state index < -0.39 is 0 Å². The van der Waals surface area contributed by atoms with Crippen LogP contribution < -0.4 is 5.73 Å². The van der Waals surface area contributed by atoms with Gasteiger partial charge in [-0.3, -0.25) is 9.88 Å². The summed E-state index contributed by atoms with van der Waals surface area (Å²) in [6, 6.07) is 2.73. The zero-order valence-electron chi connectivity index (χ0n) is 12.0. The largest absolute Gasteiger partial charge is 0.383 e. The molecular weight excluding hydrogens is 306 g/mol. The Bertz CT molecular complexity index is 375. The van der Waals surface area contributed by atoms with Crippen LogP contribution in [0.1, 0.15) is 31.9 Å². The molecular formula is C14H24BrN3O. The van der Waals surface area contributed by atoms with Crippen molar-refractivity contribution >= 4 is 15.9 Å². The van der Waals surface area contributed by atoms with E-state index in [0.29, 0.717) is 19.2 Å². The highest BCUT2D eigenvalue weighted by molar-refractivity contribution is 9.10. The average Bonchev–Trinajstić information content (AvgIpc) is 2.42. The standard InChI is InChI=1S/C14H24BrN3O/c1-4-11(2)18(5-6-19-3)14(8-16)12-7-13(15)10-17-9-12/h7,9-11,14H,4-6,8,16H2,1-3H3. The molecule has 0 bridgehead atoms. The Morgan fingerprint density at radius 2 is 2.21 bits per heavy atom. The van der Waals surface area contributed by atoms with E-state index in [1.165, 1.54) is 0 Å². The number of pyridine rings is 1. The molecule has 108 valence electrons. The molecule has 2 atom stereocenters. The average molecular weight is 330 g/mol. The fourth-order valence-corrected chi connectivity index (χ4v) is 2.57. The minimum absolute atomic E-state index is 0.176. The molecule has 0 saturated carbocycles. The highest BCUT2D eigenvalue weighted by Crippen LogP contribution is 2.24. The first kappa shape index (κ1) is 16.6. The molecule has 0 fully saturated rings. The zero-order chi connectivity index (χ0) is 14.3. The van der Waals surface area contributed by atoms with Crippen LogP contribution in [0, 0.1) is 0 Å². The van der Waals surface area contributed by atoms with Crippen molar-refractivity contribution in [3.63, 3.8) is 0 Å². The van der Waals surface area contributed by atoms with Gasteiger partial charge in [-0.1, -0.05) is 6.92 Å². The van der Waals surface area contributed by atoms with Gasteiger partial charge in [-0.2, -0.15) is 0 Å². The van der Waals surface area contributed by atoms with Gasteiger partial charge in [0.15, 0.2) is 0 Å². The molecule has 0 saturated heterocycles. The second-order valence-electron chi connectivity index (χ2n) is 4.68. The van der Waals surface area contributed by atoms with Gasteiger partial charge in [0, 0.05) is 49.1 Å². The lowest BCUT2D eigenvalue weighted by molar-refractivity contribution is 0.0901. The van der Waals surface area contributed by atoms with Crippen LogP contribution in [0.4, 0.5) is 0 Å². The molecule has 0 aromatic carbocycles. The van der Waals surface area contributed by atoms with Crippen LogP contribution in [-0.2, 0) is 4.74 Å². The van der Waals surface area contributed by atoms with E-state index in [1.807, 2.05) is 6.20 Å². The lowest BCUT2D eigenvalue weighted by Crippen LogP contribution is -2.41. The summed E-state index contributed by atoms with van der Waals surface area (Å²) >= 11 is 3.47. The number of ether oxygens (including phenoxy) is 1. The molecule has 1 rings (SSSR count). The molecule has 0 spiro atoms. The molecule has 0 aliphatic rings. The number of aromatic nitrogens is 1. The van der Waals surface area contributed by atoms with Crippen molar-refractivity contribution < 1.29 is 4.74 Å². The predicted octanol–water partition coefficient (Wildman–Crippen LogP) is 2.59. The normalized spacial score (nSPS) is 14.6. The molecule has 1 aromatic rings. The van der Waals surface area contributed by atoms with Crippen LogP contribution in [0.3, 0.4) is 0 Å². The Labute approximate surface area is 124 Å². The van der Waals surface area contributed by atoms with Crippen molar-refractivity contribution in [3.8, 4) is 0 Å². The summed E-state index contributed by atoms with van der Waals surface area (Å²) in [7, 11) is 1.73. The van der Waals surface area contributed by atoms with E-state index in [-0.39, 0.29) is 6.04 Å². The van der Waals surface area contributed by atoms with Gasteiger partial charge in [-0.05, 0) is 40.9 Å². The Balaban J connectivity index is 2.94. The van der Waals surface area contributed by atoms with E-state index in [1.54, 1.807) is 13.3 Å². The van der Waals surface area contributed by atoms with Crippen molar-refractivity contribution in [1.29, 1.82) is 0 Å². The topological polar surface area (TPSA) is 51.4 Å². The number of hydrogen-bond acceptors (Lipinski definition) is 4. The second-order valence-corrected chi connectivity index (χ2v) is 5.59. The summed E-state index contributed by atoms with van der Waals surface area (Å²) in [5, 5.41) is 0. The monoisotopic (exact) mass is 329 g/mol. The van der Waals surface area contributed by atoms with Crippen molar-refractivity contribution in [2.75, 3.05) is 26.8 Å². The fraction of sp³-hybridized carbons (Fsp3) is 0.643. The van der Waals surface area contributed by atoms with Crippen molar-refractivity contribution in [2.45, 2.75) is 32.4 Å². The third-order valence-corrected chi connectivity index (χ3v) is 3.88. The Morgan fingerprint density at radius 1 is 1.47 bits per heavy atom. The molecule has 0 radical (unpaired) electrons. The quantitative estimate of drug-likeness (QED) is 0.796. The predicted molar refractivity (Wildman–Crippen MR) is 82.1 cm³/mol. The molecule has 19 heavy (non-hydrogen) atoms. The zero-order valence-corrected chi connectivity index (χ0v) is 13.6. The van der Waals surface area contributed by atoms with Gasteiger partial charge in [-0.25, -0.2) is 0 Å². The maximum atomic E-state index is 5.99. The van der Waals surface area contributed by atoms with E-state index in [0.717, 1.165) is 23.0 Å². The third kappa shape index (κ3) is 4.84. The van der Waals surface area contributed by atoms with Crippen LogP contribution in [0.2, 0.25) is 0 Å². The van der Waals surface area contributed by atoms with Gasteiger partial charge < -0.3 is 10.5 Å². The molecule has 4 nitrogen and oxygen atoms in total. The first-order valence-corrected chi connectivity index (χ1v) is 7.48. The number of nitrogens with two attached hydrogens (primary N) is 1. The van der Waals surface area contributed by atoms with E-state index in [2.05, 4.69) is 45.7 Å². The van der Waals surface area contributed by atoms with Crippen LogP contribution in [-0.4, -0.2) is 42.7 Å². The van der Waals surface area contributed by atoms with E-state index in [4.69, 9.17) is 10.5 Å². The number of nitrogens with zero attached hydrogens (tertiary/aromatic N) is 2. The van der Waals surface area contributed by atoms with Gasteiger partial charge in [0.25, 0.3) is 0 Å². The molecule has 0 aliphatic carbocycles. The number of halogens is 1. The Kier molecular flexibility index (Phi) is 7.53. The van der Waals surface area contributed by atoms with Crippen molar-refractivity contribution in [1.82, 2.24) is 9.88 Å². The number of rotatable bonds is 8. The first-order valence-electron chi connectivity index (χ1n) is 6.69. The van der Waals surface area contributed by atoms with Crippen molar-refractivity contribution in [3.05, 3.63) is 28.5 Å². The number of hydrogen-bond donors (Lipinski definition) is 1. The minimum Gasteiger partial charge on any atom is -0.383 e. The maximum Gasteiger partial charge on any atom is 0.0590 e. The third-order valence-electron chi connectivity index (χ3n) is 3.44. The lowest BCUT2D eigenvalue weighted by atomic mass is 10.0. The maximum absolute atomic E-state index is 5.99. The number of methoxy groups -OCH3 is 1. The highest BCUT2D eigenvalue weighted by Gasteiger charge is 2.23. The smallest absolute Gasteiger partial charge is 0.0590 e. The summed E-state index contributed by atoms with van der Waals surface area (Å²) in [5.74, 6) is 0. The fourth-order valence-electron chi connectivity index (χ4n) is 2.19. The molecule has 5 heteroatoms. The molecule has 1 aromatic heterocycles. The van der Waals surface area contributed by atoms with E-state index in [9.17, 15) is 0 Å². The SMILES string of the molecule is CCC(C)N(CCOC)C(CN)c1cncc(Br)c1. The minimum atomic E-state index is 0.176. The Morgan fingerprint density at radius 3 is 2.74 bits per heavy atom. The summed E-state index contributed by atoms with van der Waals surface area (Å²) in [5.41, 5.74) is 7.14. The highest BCUT2D eigenvalue weighted by atomic mass is 79.9. The van der Waals surface area contributed by atoms with Crippen LogP contribution in [0.25, 0.3) is 0 Å². The van der Waals surface area contributed by atoms with Gasteiger partial charge in [0.1, 0.15) is 0 Å². The lowest BCUT2D eigenvalue weighted by Gasteiger charge is -2.35. The summed E-state index contributed by atoms with van der Waals surface area (Å²) in [6.45, 7) is 6.58. The molecule has 0 aliphatic heterocycles. The van der Waals surface area contributed by atoms with Crippen LogP contribution in [0.5, 0.6) is 0 Å². The van der Waals surface area contributed by atoms with Gasteiger partial charge in [0.2, 0.25) is 0 Å². The van der Waals surface area contributed by atoms with Gasteiger partial charge in [-0.15, -0.1) is 0 Å². The van der Waals surface area contributed by atoms with E-state index >= 15 is 0 Å². The van der Waals surface area contributed by atoms with Crippen molar-refractivity contribution in [2.24, 2.45) is 5.73 Å². The van der Waals surface area contributed by atoms with Gasteiger partial charge in [0.05, 0.1) is 6.61 Å². The molecule has 2 unspecified atom stereocenters. The Hall–Kier alpha value is -0.490. The molecule has 2 N–H and O–H groups in total. The first-order chi connectivity index (χ1) is 9.13. The summed E-state index contributed by atoms with van der Waals surface area (Å²) in [6.07, 6.45) is 4.77. The molecule has 1 heterocycles. The second kappa shape index (κ2) is 8.64. The van der Waals surface area contributed by atoms with Crippen LogP contribution in [0.15, 0.2) is 22.9 Å². The van der Waals surface area contributed by atoms with Crippen LogP contribution >= 0.6 is 15.9 Å². The van der Waals surface area contributed by atoms with Gasteiger partial charge >= 0.3 is 0 Å². The summed E-state index contributed by atoms with van der Waals surface area (Å²) in [4.78, 5) is 6.64. The summed E-state index contributed by atoms with van der Waals surface area (Å²) < 4.78 is 6.20. The molecule has 0 amide bonds.